The molecule has 162 valence electrons. The van der Waals surface area contributed by atoms with Crippen molar-refractivity contribution in [2.75, 3.05) is 23.7 Å². The lowest BCUT2D eigenvalue weighted by Gasteiger charge is -2.14. The Morgan fingerprint density at radius 3 is 2.32 bits per heavy atom. The van der Waals surface area contributed by atoms with Crippen LogP contribution in [-0.4, -0.2) is 31.4 Å². The second-order valence-electron chi connectivity index (χ2n) is 6.31. The standard InChI is InChI=1S/C19H21N7O4S/c1-12-7-9-13(10-8-12)31(28,29)26-24-18-16(20)17(21-11-22-18)23-25-19(27)14-5-3-4-6-15(14)30-2/h3-11,26H,20H2,1-2H3,(H,25,27)(H2,21,22,23,24). The van der Waals surface area contributed by atoms with Crippen LogP contribution >= 0.6 is 0 Å². The summed E-state index contributed by atoms with van der Waals surface area (Å²) in [7, 11) is -2.40. The van der Waals surface area contributed by atoms with E-state index in [1.807, 2.05) is 6.92 Å². The minimum atomic E-state index is -3.86. The molecule has 3 aromatic rings. The van der Waals surface area contributed by atoms with E-state index in [9.17, 15) is 13.2 Å². The van der Waals surface area contributed by atoms with Crippen molar-refractivity contribution in [2.24, 2.45) is 0 Å². The third-order valence-corrected chi connectivity index (χ3v) is 5.43. The Labute approximate surface area is 179 Å². The molecule has 31 heavy (non-hydrogen) atoms. The molecule has 6 N–H and O–H groups in total. The molecule has 1 aromatic heterocycles. The van der Waals surface area contributed by atoms with Crippen molar-refractivity contribution in [2.45, 2.75) is 11.8 Å². The number of sulfonamides is 1. The van der Waals surface area contributed by atoms with Gasteiger partial charge in [-0.1, -0.05) is 29.8 Å². The zero-order chi connectivity index (χ0) is 22.4. The maximum absolute atomic E-state index is 12.4. The number of anilines is 3. The van der Waals surface area contributed by atoms with Crippen LogP contribution in [0.4, 0.5) is 17.3 Å². The maximum Gasteiger partial charge on any atom is 0.273 e. The van der Waals surface area contributed by atoms with Gasteiger partial charge in [-0.05, 0) is 31.2 Å². The number of nitrogens with two attached hydrogens (primary N) is 1. The Morgan fingerprint density at radius 1 is 1.00 bits per heavy atom. The smallest absolute Gasteiger partial charge is 0.273 e. The molecular formula is C19H21N7O4S. The summed E-state index contributed by atoms with van der Waals surface area (Å²) in [5, 5.41) is 0. The van der Waals surface area contributed by atoms with E-state index < -0.39 is 15.9 Å². The van der Waals surface area contributed by atoms with Crippen molar-refractivity contribution in [3.63, 3.8) is 0 Å². The SMILES string of the molecule is COc1ccccc1C(=O)NNc1ncnc(NNS(=O)(=O)c2ccc(C)cc2)c1N. The van der Waals surface area contributed by atoms with Crippen LogP contribution in [0.25, 0.3) is 0 Å². The van der Waals surface area contributed by atoms with Crippen molar-refractivity contribution in [1.29, 1.82) is 0 Å². The molecule has 1 amide bonds. The number of methoxy groups -OCH3 is 1. The van der Waals surface area contributed by atoms with Crippen LogP contribution in [0, 0.1) is 6.92 Å². The van der Waals surface area contributed by atoms with E-state index in [-0.39, 0.29) is 22.2 Å². The number of carbonyl (C=O) groups excluding carboxylic acids is 1. The number of amides is 1. The number of aromatic nitrogens is 2. The first-order chi connectivity index (χ1) is 14.8. The second kappa shape index (κ2) is 9.28. The normalized spacial score (nSPS) is 10.9. The van der Waals surface area contributed by atoms with Crippen molar-refractivity contribution in [3.8, 4) is 5.75 Å². The van der Waals surface area contributed by atoms with Gasteiger partial charge in [0.25, 0.3) is 15.9 Å². The Balaban J connectivity index is 1.68. The molecular weight excluding hydrogens is 422 g/mol. The van der Waals surface area contributed by atoms with Crippen molar-refractivity contribution in [3.05, 3.63) is 66.0 Å². The van der Waals surface area contributed by atoms with Crippen LogP contribution in [0.5, 0.6) is 5.75 Å². The summed E-state index contributed by atoms with van der Waals surface area (Å²) < 4.78 is 30.0. The fraction of sp³-hybridized carbons (Fsp3) is 0.105. The van der Waals surface area contributed by atoms with Gasteiger partial charge in [-0.2, -0.15) is 0 Å². The number of rotatable bonds is 8. The van der Waals surface area contributed by atoms with Crippen LogP contribution < -0.4 is 31.6 Å². The van der Waals surface area contributed by atoms with Gasteiger partial charge < -0.3 is 10.5 Å². The molecule has 3 rings (SSSR count). The molecule has 12 heteroatoms. The summed E-state index contributed by atoms with van der Waals surface area (Å²) in [6, 6.07) is 13.0. The third-order valence-electron chi connectivity index (χ3n) is 4.17. The number of hydrogen-bond acceptors (Lipinski definition) is 9. The highest BCUT2D eigenvalue weighted by atomic mass is 32.2. The van der Waals surface area contributed by atoms with E-state index in [1.54, 1.807) is 36.4 Å². The lowest BCUT2D eigenvalue weighted by Crippen LogP contribution is -2.32. The topological polar surface area (TPSA) is 160 Å². The second-order valence-corrected chi connectivity index (χ2v) is 7.99. The first-order valence-corrected chi connectivity index (χ1v) is 10.4. The minimum Gasteiger partial charge on any atom is -0.496 e. The fourth-order valence-corrected chi connectivity index (χ4v) is 3.35. The van der Waals surface area contributed by atoms with Crippen LogP contribution in [0.1, 0.15) is 15.9 Å². The Bertz CT molecular complexity index is 1180. The first-order valence-electron chi connectivity index (χ1n) is 8.96. The van der Waals surface area contributed by atoms with E-state index in [4.69, 9.17) is 10.5 Å². The van der Waals surface area contributed by atoms with Gasteiger partial charge in [-0.3, -0.25) is 21.1 Å². The molecule has 0 saturated carbocycles. The molecule has 0 bridgehead atoms. The summed E-state index contributed by atoms with van der Waals surface area (Å²) in [6.07, 6.45) is 1.15. The van der Waals surface area contributed by atoms with Gasteiger partial charge in [0, 0.05) is 0 Å². The highest BCUT2D eigenvalue weighted by Gasteiger charge is 2.16. The molecule has 0 saturated heterocycles. The third kappa shape index (κ3) is 5.18. The van der Waals surface area contributed by atoms with Crippen LogP contribution in [0.3, 0.4) is 0 Å². The molecule has 11 nitrogen and oxygen atoms in total. The summed E-state index contributed by atoms with van der Waals surface area (Å²) >= 11 is 0. The maximum atomic E-state index is 12.4. The molecule has 0 aliphatic heterocycles. The number of hydrogen-bond donors (Lipinski definition) is 5. The lowest BCUT2D eigenvalue weighted by molar-refractivity contribution is 0.0959. The average molecular weight is 443 g/mol. The molecule has 0 atom stereocenters. The predicted octanol–water partition coefficient (Wildman–Crippen LogP) is 1.44. The van der Waals surface area contributed by atoms with Crippen molar-refractivity contribution >= 4 is 33.3 Å². The number of ether oxygens (including phenoxy) is 1. The zero-order valence-electron chi connectivity index (χ0n) is 16.7. The molecule has 0 unspecified atom stereocenters. The van der Waals surface area contributed by atoms with E-state index >= 15 is 0 Å². The number of nitrogens with zero attached hydrogens (tertiary/aromatic N) is 2. The molecule has 0 radical (unpaired) electrons. The van der Waals surface area contributed by atoms with Gasteiger partial charge in [0.2, 0.25) is 0 Å². The first kappa shape index (κ1) is 21.8. The molecule has 0 spiro atoms. The molecule has 0 aliphatic rings. The Hall–Kier alpha value is -3.90. The van der Waals surface area contributed by atoms with Crippen molar-refractivity contribution in [1.82, 2.24) is 20.2 Å². The number of nitrogen functional groups attached to an aromatic ring is 1. The van der Waals surface area contributed by atoms with Crippen molar-refractivity contribution < 1.29 is 17.9 Å². The van der Waals surface area contributed by atoms with E-state index in [0.717, 1.165) is 11.9 Å². The molecule has 0 fully saturated rings. The lowest BCUT2D eigenvalue weighted by atomic mass is 10.2. The molecule has 2 aromatic carbocycles. The highest BCUT2D eigenvalue weighted by molar-refractivity contribution is 7.89. The number of nitrogens with one attached hydrogen (secondary N) is 4. The zero-order valence-corrected chi connectivity index (χ0v) is 17.5. The highest BCUT2D eigenvalue weighted by Crippen LogP contribution is 2.22. The largest absolute Gasteiger partial charge is 0.496 e. The summed E-state index contributed by atoms with van der Waals surface area (Å²) in [5.74, 6) is -0.0228. The fourth-order valence-electron chi connectivity index (χ4n) is 2.50. The van der Waals surface area contributed by atoms with E-state index in [2.05, 4.69) is 31.1 Å². The van der Waals surface area contributed by atoms with Gasteiger partial charge in [0.05, 0.1) is 17.6 Å². The number of hydrazine groups is 2. The number of aryl methyl sites for hydroxylation is 1. The summed E-state index contributed by atoms with van der Waals surface area (Å²) in [6.45, 7) is 1.85. The van der Waals surface area contributed by atoms with Gasteiger partial charge in [0.15, 0.2) is 11.6 Å². The molecule has 0 aliphatic carbocycles. The average Bonchev–Trinajstić information content (AvgIpc) is 2.77. The van der Waals surface area contributed by atoms with Crippen LogP contribution in [0.15, 0.2) is 59.8 Å². The van der Waals surface area contributed by atoms with E-state index in [1.165, 1.54) is 19.2 Å². The predicted molar refractivity (Wildman–Crippen MR) is 116 cm³/mol. The summed E-state index contributed by atoms with van der Waals surface area (Å²) in [4.78, 5) is 22.5. The monoisotopic (exact) mass is 443 g/mol. The van der Waals surface area contributed by atoms with Gasteiger partial charge in [-0.25, -0.2) is 18.4 Å². The number of benzene rings is 2. The number of carbonyl (C=O) groups is 1. The quantitative estimate of drug-likeness (QED) is 0.324. The minimum absolute atomic E-state index is 0.000252. The van der Waals surface area contributed by atoms with Crippen LogP contribution in [-0.2, 0) is 10.0 Å². The van der Waals surface area contributed by atoms with Crippen LogP contribution in [0.2, 0.25) is 0 Å². The van der Waals surface area contributed by atoms with E-state index in [0.29, 0.717) is 11.3 Å². The number of para-hydroxylation sites is 1. The van der Waals surface area contributed by atoms with Gasteiger partial charge in [-0.15, -0.1) is 4.83 Å². The van der Waals surface area contributed by atoms with Gasteiger partial charge >= 0.3 is 0 Å². The Kier molecular flexibility index (Phi) is 6.52. The Morgan fingerprint density at radius 2 is 1.65 bits per heavy atom. The van der Waals surface area contributed by atoms with Gasteiger partial charge in [0.1, 0.15) is 17.8 Å². The molecule has 1 heterocycles. The summed E-state index contributed by atoms with van der Waals surface area (Å²) in [5.41, 5.74) is 14.7.